The van der Waals surface area contributed by atoms with E-state index in [2.05, 4.69) is 9.98 Å². The van der Waals surface area contributed by atoms with Gasteiger partial charge in [-0.1, -0.05) is 60.7 Å². The lowest BCUT2D eigenvalue weighted by Gasteiger charge is -1.99. The van der Waals surface area contributed by atoms with Gasteiger partial charge in [-0.25, -0.2) is 0 Å². The standard InChI is InChI=1S/C16H16N2.2ClH/c1-14(17-12-15-8-4-2-5-9-15)18-13-16-10-6-3-7-11-16;;/h2-14H,1H3;2*1H. The van der Waals surface area contributed by atoms with Crippen LogP contribution >= 0.6 is 24.8 Å². The second-order valence-electron chi connectivity index (χ2n) is 4.01. The van der Waals surface area contributed by atoms with E-state index in [0.29, 0.717) is 0 Å². The lowest BCUT2D eigenvalue weighted by atomic mass is 10.2. The zero-order valence-electron chi connectivity index (χ0n) is 11.2. The fourth-order valence-electron chi connectivity index (χ4n) is 1.50. The van der Waals surface area contributed by atoms with Crippen molar-refractivity contribution < 1.29 is 0 Å². The Morgan fingerprint density at radius 2 is 1.05 bits per heavy atom. The van der Waals surface area contributed by atoms with Crippen LogP contribution in [-0.2, 0) is 0 Å². The van der Waals surface area contributed by atoms with Gasteiger partial charge >= 0.3 is 0 Å². The van der Waals surface area contributed by atoms with Crippen LogP contribution in [0.3, 0.4) is 0 Å². The molecule has 2 aromatic carbocycles. The number of nitrogens with zero attached hydrogens (tertiary/aromatic N) is 2. The van der Waals surface area contributed by atoms with E-state index in [1.165, 1.54) is 0 Å². The van der Waals surface area contributed by atoms with Crippen LogP contribution < -0.4 is 0 Å². The Hall–Kier alpha value is -1.64. The van der Waals surface area contributed by atoms with Crippen molar-refractivity contribution >= 4 is 37.2 Å². The first-order valence-electron chi connectivity index (χ1n) is 6.01. The minimum absolute atomic E-state index is 0. The van der Waals surface area contributed by atoms with E-state index in [1.54, 1.807) is 0 Å². The summed E-state index contributed by atoms with van der Waals surface area (Å²) in [6.45, 7) is 1.97. The molecule has 4 heteroatoms. The smallest absolute Gasteiger partial charge is 0.136 e. The molecule has 20 heavy (non-hydrogen) atoms. The summed E-state index contributed by atoms with van der Waals surface area (Å²) in [5, 5.41) is 0. The van der Waals surface area contributed by atoms with Gasteiger partial charge in [0.05, 0.1) is 0 Å². The Morgan fingerprint density at radius 3 is 1.40 bits per heavy atom. The van der Waals surface area contributed by atoms with Crippen LogP contribution in [0.25, 0.3) is 0 Å². The largest absolute Gasteiger partial charge is 0.266 e. The van der Waals surface area contributed by atoms with Crippen LogP contribution in [0.5, 0.6) is 0 Å². The van der Waals surface area contributed by atoms with Crippen molar-refractivity contribution in [2.24, 2.45) is 9.98 Å². The number of aliphatic imine (C=N–C) groups is 2. The van der Waals surface area contributed by atoms with E-state index in [1.807, 2.05) is 80.0 Å². The van der Waals surface area contributed by atoms with Crippen molar-refractivity contribution in [3.8, 4) is 0 Å². The van der Waals surface area contributed by atoms with Crippen LogP contribution in [0, 0.1) is 0 Å². The molecule has 0 fully saturated rings. The molecule has 0 aliphatic carbocycles. The molecule has 0 saturated carbocycles. The lowest BCUT2D eigenvalue weighted by Crippen LogP contribution is -1.95. The van der Waals surface area contributed by atoms with E-state index in [4.69, 9.17) is 0 Å². The molecule has 0 saturated heterocycles. The first kappa shape index (κ1) is 18.4. The molecule has 0 atom stereocenters. The predicted molar refractivity (Wildman–Crippen MR) is 92.0 cm³/mol. The van der Waals surface area contributed by atoms with Gasteiger partial charge in [0.1, 0.15) is 6.17 Å². The average Bonchev–Trinajstić information content (AvgIpc) is 2.45. The Labute approximate surface area is 132 Å². The third kappa shape index (κ3) is 6.50. The summed E-state index contributed by atoms with van der Waals surface area (Å²) in [4.78, 5) is 8.77. The summed E-state index contributed by atoms with van der Waals surface area (Å²) >= 11 is 0. The highest BCUT2D eigenvalue weighted by molar-refractivity contribution is 5.85. The fourth-order valence-corrected chi connectivity index (χ4v) is 1.50. The number of hydrogen-bond acceptors (Lipinski definition) is 2. The van der Waals surface area contributed by atoms with Gasteiger partial charge in [0, 0.05) is 12.4 Å². The zero-order valence-corrected chi connectivity index (χ0v) is 12.8. The second-order valence-corrected chi connectivity index (χ2v) is 4.01. The molecule has 0 aliphatic heterocycles. The van der Waals surface area contributed by atoms with Crippen molar-refractivity contribution in [2.45, 2.75) is 13.1 Å². The summed E-state index contributed by atoms with van der Waals surface area (Å²) in [5.41, 5.74) is 2.19. The molecule has 0 bridgehead atoms. The number of rotatable bonds is 4. The topological polar surface area (TPSA) is 24.7 Å². The highest BCUT2D eigenvalue weighted by Crippen LogP contribution is 1.99. The number of hydrogen-bond donors (Lipinski definition) is 0. The maximum Gasteiger partial charge on any atom is 0.136 e. The van der Waals surface area contributed by atoms with Gasteiger partial charge < -0.3 is 0 Å². The van der Waals surface area contributed by atoms with Gasteiger partial charge in [0.25, 0.3) is 0 Å². The molecular weight excluding hydrogens is 291 g/mol. The third-order valence-corrected chi connectivity index (χ3v) is 2.48. The van der Waals surface area contributed by atoms with Gasteiger partial charge in [-0.05, 0) is 18.1 Å². The molecule has 0 unspecified atom stereocenters. The summed E-state index contributed by atoms with van der Waals surface area (Å²) in [5.74, 6) is 0. The summed E-state index contributed by atoms with van der Waals surface area (Å²) in [7, 11) is 0. The van der Waals surface area contributed by atoms with Gasteiger partial charge in [-0.3, -0.25) is 9.98 Å². The first-order valence-corrected chi connectivity index (χ1v) is 6.01. The maximum absolute atomic E-state index is 4.39. The maximum atomic E-state index is 4.39. The van der Waals surface area contributed by atoms with Crippen LogP contribution in [0.2, 0.25) is 0 Å². The molecule has 0 amide bonds. The van der Waals surface area contributed by atoms with Gasteiger partial charge in [0.15, 0.2) is 0 Å². The molecule has 0 heterocycles. The van der Waals surface area contributed by atoms with Crippen molar-refractivity contribution in [2.75, 3.05) is 0 Å². The first-order chi connectivity index (χ1) is 8.84. The minimum Gasteiger partial charge on any atom is -0.266 e. The zero-order chi connectivity index (χ0) is 12.6. The molecule has 0 aromatic heterocycles. The van der Waals surface area contributed by atoms with E-state index in [0.717, 1.165) is 11.1 Å². The molecule has 2 nitrogen and oxygen atoms in total. The summed E-state index contributed by atoms with van der Waals surface area (Å²) in [6.07, 6.45) is 3.64. The van der Waals surface area contributed by atoms with Crippen LogP contribution in [0.15, 0.2) is 70.6 Å². The second kappa shape index (κ2) is 10.2. The van der Waals surface area contributed by atoms with E-state index < -0.39 is 0 Å². The van der Waals surface area contributed by atoms with E-state index in [-0.39, 0.29) is 31.0 Å². The average molecular weight is 309 g/mol. The highest BCUT2D eigenvalue weighted by atomic mass is 35.5. The normalized spacial score (nSPS) is 11.8. The van der Waals surface area contributed by atoms with Crippen molar-refractivity contribution in [3.63, 3.8) is 0 Å². The number of halogens is 2. The van der Waals surface area contributed by atoms with Gasteiger partial charge in [-0.2, -0.15) is 0 Å². The van der Waals surface area contributed by atoms with E-state index in [9.17, 15) is 0 Å². The van der Waals surface area contributed by atoms with Crippen LogP contribution in [-0.4, -0.2) is 18.6 Å². The van der Waals surface area contributed by atoms with Crippen molar-refractivity contribution in [1.82, 2.24) is 0 Å². The highest BCUT2D eigenvalue weighted by Gasteiger charge is 1.92. The van der Waals surface area contributed by atoms with Crippen molar-refractivity contribution in [1.29, 1.82) is 0 Å². The Morgan fingerprint density at radius 1 is 0.700 bits per heavy atom. The summed E-state index contributed by atoms with van der Waals surface area (Å²) < 4.78 is 0. The molecule has 0 aliphatic rings. The van der Waals surface area contributed by atoms with Gasteiger partial charge in [0.2, 0.25) is 0 Å². The lowest BCUT2D eigenvalue weighted by molar-refractivity contribution is 0.803. The quantitative estimate of drug-likeness (QED) is 0.747. The van der Waals surface area contributed by atoms with E-state index >= 15 is 0 Å². The molecule has 2 aromatic rings. The fraction of sp³-hybridized carbons (Fsp3) is 0.125. The predicted octanol–water partition coefficient (Wildman–Crippen LogP) is 4.41. The third-order valence-electron chi connectivity index (χ3n) is 2.48. The van der Waals surface area contributed by atoms with Crippen molar-refractivity contribution in [3.05, 3.63) is 71.8 Å². The number of benzene rings is 2. The SMILES string of the molecule is CC(N=Cc1ccccc1)N=Cc1ccccc1.Cl.Cl. The van der Waals surface area contributed by atoms with Crippen LogP contribution in [0.1, 0.15) is 18.1 Å². The Bertz CT molecular complexity index is 475. The molecule has 106 valence electrons. The molecule has 0 spiro atoms. The molecule has 0 radical (unpaired) electrons. The molecule has 2 rings (SSSR count). The van der Waals surface area contributed by atoms with Crippen LogP contribution in [0.4, 0.5) is 0 Å². The summed E-state index contributed by atoms with van der Waals surface area (Å²) in [6, 6.07) is 20.1. The molecule has 0 N–H and O–H groups in total. The monoisotopic (exact) mass is 308 g/mol. The molecular formula is C16H18Cl2N2. The Balaban J connectivity index is 0.00000180. The Kier molecular flexibility index (Phi) is 9.35. The minimum atomic E-state index is -0.0644. The van der Waals surface area contributed by atoms with Gasteiger partial charge in [-0.15, -0.1) is 24.8 Å².